The highest BCUT2D eigenvalue weighted by Crippen LogP contribution is 2.15. The molecule has 0 saturated heterocycles. The Labute approximate surface area is 162 Å². The van der Waals surface area contributed by atoms with Crippen LogP contribution in [-0.4, -0.2) is 44.3 Å². The minimum atomic E-state index is -4.38. The third-order valence-electron chi connectivity index (χ3n) is 4.83. The van der Waals surface area contributed by atoms with E-state index in [-0.39, 0.29) is 12.4 Å². The van der Waals surface area contributed by atoms with Crippen molar-refractivity contribution >= 4 is 10.4 Å². The van der Waals surface area contributed by atoms with Gasteiger partial charge in [-0.2, -0.15) is 12.6 Å². The molecule has 0 saturated carbocycles. The lowest BCUT2D eigenvalue weighted by Gasteiger charge is -2.34. The maximum atomic E-state index is 10.8. The standard InChI is InChI=1S/C18H39NO4S.ClH/c1-5-6-7-8-9-10-11-12-13-14-15-16-17-19(3,4)18(2)23-24(20,21)22;/h18H,5-17H2,1-4H3;1H. The summed E-state index contributed by atoms with van der Waals surface area (Å²) >= 11 is 0. The van der Waals surface area contributed by atoms with E-state index in [1.807, 2.05) is 14.1 Å². The van der Waals surface area contributed by atoms with Crippen molar-refractivity contribution in [1.82, 2.24) is 0 Å². The van der Waals surface area contributed by atoms with Crippen LogP contribution in [0.5, 0.6) is 0 Å². The van der Waals surface area contributed by atoms with Crippen molar-refractivity contribution in [3.05, 3.63) is 0 Å². The molecule has 0 fully saturated rings. The molecule has 7 heteroatoms. The number of hydrogen-bond donors (Lipinski definition) is 1. The lowest BCUT2D eigenvalue weighted by molar-refractivity contribution is -0.931. The predicted octanol–water partition coefficient (Wildman–Crippen LogP) is 1.93. The van der Waals surface area contributed by atoms with E-state index in [1.165, 1.54) is 64.2 Å². The minimum absolute atomic E-state index is 0. The van der Waals surface area contributed by atoms with Crippen molar-refractivity contribution in [2.75, 3.05) is 20.6 Å². The molecule has 1 N–H and O–H groups in total. The van der Waals surface area contributed by atoms with Crippen molar-refractivity contribution in [2.45, 2.75) is 97.1 Å². The molecule has 0 aliphatic heterocycles. The van der Waals surface area contributed by atoms with Crippen molar-refractivity contribution in [3.8, 4) is 0 Å². The van der Waals surface area contributed by atoms with E-state index in [2.05, 4.69) is 11.1 Å². The highest BCUT2D eigenvalue weighted by Gasteiger charge is 2.28. The second kappa shape index (κ2) is 15.2. The Balaban J connectivity index is 0. The molecule has 154 valence electrons. The van der Waals surface area contributed by atoms with Crippen LogP contribution < -0.4 is 12.4 Å². The topological polar surface area (TPSA) is 63.6 Å². The van der Waals surface area contributed by atoms with Gasteiger partial charge in [-0.3, -0.25) is 4.55 Å². The molecule has 5 nitrogen and oxygen atoms in total. The first-order chi connectivity index (χ1) is 11.2. The fraction of sp³-hybridized carbons (Fsp3) is 1.00. The van der Waals surface area contributed by atoms with Crippen LogP contribution in [0, 0.1) is 0 Å². The Hall–Kier alpha value is 0.120. The molecule has 0 rings (SSSR count). The molecule has 0 amide bonds. The summed E-state index contributed by atoms with van der Waals surface area (Å²) in [5.41, 5.74) is 0. The van der Waals surface area contributed by atoms with E-state index in [0.29, 0.717) is 4.48 Å². The van der Waals surface area contributed by atoms with Crippen LogP contribution in [0.3, 0.4) is 0 Å². The van der Waals surface area contributed by atoms with Gasteiger partial charge in [-0.15, -0.1) is 0 Å². The van der Waals surface area contributed by atoms with E-state index in [0.717, 1.165) is 19.4 Å². The maximum absolute atomic E-state index is 10.8. The average molecular weight is 402 g/mol. The summed E-state index contributed by atoms with van der Waals surface area (Å²) in [6.45, 7) is 4.77. The van der Waals surface area contributed by atoms with E-state index in [9.17, 15) is 8.42 Å². The SMILES string of the molecule is CCCCCCCCCCCCCC[N+](C)(C)C(C)OS(=O)(=O)O.[Cl-]. The van der Waals surface area contributed by atoms with E-state index >= 15 is 0 Å². The van der Waals surface area contributed by atoms with Gasteiger partial charge in [0.25, 0.3) is 0 Å². The lowest BCUT2D eigenvalue weighted by Crippen LogP contribution is -3.00. The van der Waals surface area contributed by atoms with Gasteiger partial charge in [0.2, 0.25) is 6.23 Å². The third-order valence-corrected chi connectivity index (χ3v) is 5.35. The van der Waals surface area contributed by atoms with Gasteiger partial charge >= 0.3 is 10.4 Å². The maximum Gasteiger partial charge on any atom is 0.402 e. The molecule has 0 radical (unpaired) electrons. The summed E-state index contributed by atoms with van der Waals surface area (Å²) in [5.74, 6) is 0. The second-order valence-corrected chi connectivity index (χ2v) is 8.56. The van der Waals surface area contributed by atoms with Crippen LogP contribution in [-0.2, 0) is 14.6 Å². The van der Waals surface area contributed by atoms with E-state index < -0.39 is 16.6 Å². The van der Waals surface area contributed by atoms with Crippen LogP contribution in [0.2, 0.25) is 0 Å². The van der Waals surface area contributed by atoms with Crippen LogP contribution >= 0.6 is 0 Å². The molecule has 0 spiro atoms. The Morgan fingerprint density at radius 3 is 1.56 bits per heavy atom. The summed E-state index contributed by atoms with van der Waals surface area (Å²) in [6, 6.07) is 0. The first kappa shape index (κ1) is 27.3. The Morgan fingerprint density at radius 1 is 0.840 bits per heavy atom. The number of halogens is 1. The van der Waals surface area contributed by atoms with Gasteiger partial charge in [0.05, 0.1) is 20.6 Å². The zero-order valence-corrected chi connectivity index (χ0v) is 18.2. The van der Waals surface area contributed by atoms with Gasteiger partial charge in [-0.05, 0) is 12.8 Å². The zero-order chi connectivity index (χ0) is 18.5. The van der Waals surface area contributed by atoms with E-state index in [4.69, 9.17) is 4.55 Å². The molecule has 0 aromatic heterocycles. The molecule has 0 bridgehead atoms. The summed E-state index contributed by atoms with van der Waals surface area (Å²) in [6.07, 6.45) is 15.1. The minimum Gasteiger partial charge on any atom is -1.00 e. The average Bonchev–Trinajstić information content (AvgIpc) is 2.46. The highest BCUT2D eigenvalue weighted by atomic mass is 35.5. The lowest BCUT2D eigenvalue weighted by atomic mass is 10.1. The van der Waals surface area contributed by atoms with Gasteiger partial charge in [0.15, 0.2) is 0 Å². The number of nitrogens with zero attached hydrogens (tertiary/aromatic N) is 1. The first-order valence-electron chi connectivity index (χ1n) is 9.67. The summed E-state index contributed by atoms with van der Waals surface area (Å²) in [7, 11) is -0.528. The summed E-state index contributed by atoms with van der Waals surface area (Å²) in [5, 5.41) is 0. The molecule has 0 aromatic carbocycles. The van der Waals surface area contributed by atoms with Gasteiger partial charge in [0, 0.05) is 6.92 Å². The molecule has 0 aliphatic rings. The Bertz CT molecular complexity index is 402. The summed E-state index contributed by atoms with van der Waals surface area (Å²) in [4.78, 5) is 0. The monoisotopic (exact) mass is 401 g/mol. The Morgan fingerprint density at radius 2 is 1.20 bits per heavy atom. The van der Waals surface area contributed by atoms with Crippen molar-refractivity contribution in [3.63, 3.8) is 0 Å². The number of rotatable bonds is 16. The molecule has 0 aliphatic carbocycles. The molecule has 1 unspecified atom stereocenters. The number of hydrogen-bond acceptors (Lipinski definition) is 3. The Kier molecular flexibility index (Phi) is 16.6. The number of quaternary nitrogens is 1. The van der Waals surface area contributed by atoms with Crippen molar-refractivity contribution in [2.24, 2.45) is 0 Å². The second-order valence-electron chi connectivity index (χ2n) is 7.51. The fourth-order valence-corrected chi connectivity index (χ4v) is 3.42. The first-order valence-corrected chi connectivity index (χ1v) is 11.0. The molecule has 1 atom stereocenters. The fourth-order valence-electron chi connectivity index (χ4n) is 2.83. The van der Waals surface area contributed by atoms with E-state index in [1.54, 1.807) is 6.92 Å². The number of unbranched alkanes of at least 4 members (excludes halogenated alkanes) is 11. The quantitative estimate of drug-likeness (QED) is 0.186. The van der Waals surface area contributed by atoms with Gasteiger partial charge in [0.1, 0.15) is 0 Å². The zero-order valence-electron chi connectivity index (χ0n) is 16.7. The van der Waals surface area contributed by atoms with Crippen LogP contribution in [0.4, 0.5) is 0 Å². The van der Waals surface area contributed by atoms with Gasteiger partial charge in [-0.1, -0.05) is 71.1 Å². The molecular weight excluding hydrogens is 362 g/mol. The van der Waals surface area contributed by atoms with Crippen molar-refractivity contribution < 1.29 is 34.0 Å². The smallest absolute Gasteiger partial charge is 0.402 e. The van der Waals surface area contributed by atoms with Crippen LogP contribution in [0.15, 0.2) is 0 Å². The summed E-state index contributed by atoms with van der Waals surface area (Å²) < 4.78 is 35.4. The predicted molar refractivity (Wildman–Crippen MR) is 100 cm³/mol. The van der Waals surface area contributed by atoms with Gasteiger partial charge in [-0.25, -0.2) is 0 Å². The van der Waals surface area contributed by atoms with Crippen LogP contribution in [0.25, 0.3) is 0 Å². The molecule has 0 aromatic rings. The van der Waals surface area contributed by atoms with Crippen LogP contribution in [0.1, 0.15) is 90.9 Å². The highest BCUT2D eigenvalue weighted by molar-refractivity contribution is 7.80. The largest absolute Gasteiger partial charge is 1.00 e. The third kappa shape index (κ3) is 17.3. The molecule has 25 heavy (non-hydrogen) atoms. The van der Waals surface area contributed by atoms with Gasteiger partial charge < -0.3 is 16.9 Å². The van der Waals surface area contributed by atoms with Crippen molar-refractivity contribution in [1.29, 1.82) is 0 Å². The molecule has 0 heterocycles. The normalized spacial score (nSPS) is 13.5. The molecular formula is C18H40ClNO4S.